The van der Waals surface area contributed by atoms with Gasteiger partial charge in [-0.2, -0.15) is 5.26 Å². The number of aromatic nitrogens is 1. The van der Waals surface area contributed by atoms with Gasteiger partial charge in [-0.3, -0.25) is 4.79 Å². The van der Waals surface area contributed by atoms with Crippen molar-refractivity contribution in [2.75, 3.05) is 11.9 Å². The number of amides is 1. The molecule has 21 heavy (non-hydrogen) atoms. The summed E-state index contributed by atoms with van der Waals surface area (Å²) < 4.78 is 0. The lowest BCUT2D eigenvalue weighted by Gasteiger charge is -2.19. The first-order chi connectivity index (χ1) is 10.2. The number of anilines is 1. The molecule has 1 N–H and O–H groups in total. The summed E-state index contributed by atoms with van der Waals surface area (Å²) in [5.41, 5.74) is 2.48. The molecule has 3 rings (SSSR count). The van der Waals surface area contributed by atoms with Gasteiger partial charge in [0.05, 0.1) is 22.3 Å². The number of aromatic amines is 1. The third kappa shape index (κ3) is 2.15. The Hall–Kier alpha value is -3.06. The summed E-state index contributed by atoms with van der Waals surface area (Å²) in [5.74, 6) is -0.147. The SMILES string of the molecule is CN(C(=O)c1cccc2cc[nH]c12)c1ccccc1C#N. The summed E-state index contributed by atoms with van der Waals surface area (Å²) in [7, 11) is 1.68. The Bertz CT molecular complexity index is 858. The van der Waals surface area contributed by atoms with E-state index in [1.807, 2.05) is 30.5 Å². The van der Waals surface area contributed by atoms with Crippen molar-refractivity contribution >= 4 is 22.5 Å². The van der Waals surface area contributed by atoms with Crippen molar-refractivity contribution in [2.24, 2.45) is 0 Å². The van der Waals surface area contributed by atoms with Crippen LogP contribution in [0.5, 0.6) is 0 Å². The van der Waals surface area contributed by atoms with Crippen LogP contribution in [0.4, 0.5) is 5.69 Å². The molecular weight excluding hydrogens is 262 g/mol. The van der Waals surface area contributed by atoms with Crippen molar-refractivity contribution in [1.29, 1.82) is 5.26 Å². The topological polar surface area (TPSA) is 59.9 Å². The average Bonchev–Trinajstić information content (AvgIpc) is 3.02. The van der Waals surface area contributed by atoms with Crippen molar-refractivity contribution in [3.63, 3.8) is 0 Å². The standard InChI is InChI=1S/C17H13N3O/c1-20(15-8-3-2-5-13(15)11-18)17(21)14-7-4-6-12-9-10-19-16(12)14/h2-10,19H,1H3. The van der Waals surface area contributed by atoms with E-state index >= 15 is 0 Å². The molecule has 0 aliphatic heterocycles. The molecule has 0 fully saturated rings. The van der Waals surface area contributed by atoms with Gasteiger partial charge in [0.15, 0.2) is 0 Å². The average molecular weight is 275 g/mol. The number of nitrogens with zero attached hydrogens (tertiary/aromatic N) is 2. The summed E-state index contributed by atoms with van der Waals surface area (Å²) in [4.78, 5) is 17.3. The predicted molar refractivity (Wildman–Crippen MR) is 82.2 cm³/mol. The molecule has 1 aromatic heterocycles. The first-order valence-electron chi connectivity index (χ1n) is 6.55. The van der Waals surface area contributed by atoms with Crippen molar-refractivity contribution in [1.82, 2.24) is 4.98 Å². The molecular formula is C17H13N3O. The second-order valence-electron chi connectivity index (χ2n) is 4.74. The van der Waals surface area contributed by atoms with Crippen molar-refractivity contribution < 1.29 is 4.79 Å². The monoisotopic (exact) mass is 275 g/mol. The fraction of sp³-hybridized carbons (Fsp3) is 0.0588. The number of hydrogen-bond acceptors (Lipinski definition) is 2. The zero-order valence-corrected chi connectivity index (χ0v) is 11.5. The van der Waals surface area contributed by atoms with E-state index < -0.39 is 0 Å². The quantitative estimate of drug-likeness (QED) is 0.780. The smallest absolute Gasteiger partial charge is 0.260 e. The Balaban J connectivity index is 2.06. The summed E-state index contributed by atoms with van der Waals surface area (Å²) in [6.07, 6.45) is 1.81. The fourth-order valence-electron chi connectivity index (χ4n) is 2.41. The molecule has 1 amide bonds. The number of nitrogens with one attached hydrogen (secondary N) is 1. The van der Waals surface area contributed by atoms with E-state index in [9.17, 15) is 4.79 Å². The van der Waals surface area contributed by atoms with Gasteiger partial charge in [-0.25, -0.2) is 0 Å². The van der Waals surface area contributed by atoms with Crippen molar-refractivity contribution in [3.8, 4) is 6.07 Å². The first-order valence-corrected chi connectivity index (χ1v) is 6.55. The largest absolute Gasteiger partial charge is 0.361 e. The summed E-state index contributed by atoms with van der Waals surface area (Å²) in [5, 5.41) is 10.2. The summed E-state index contributed by atoms with van der Waals surface area (Å²) in [6, 6.07) is 16.7. The molecule has 0 saturated carbocycles. The minimum Gasteiger partial charge on any atom is -0.361 e. The first kappa shape index (κ1) is 12.9. The van der Waals surface area contributed by atoms with Gasteiger partial charge >= 0.3 is 0 Å². The maximum atomic E-state index is 12.7. The van der Waals surface area contributed by atoms with E-state index in [2.05, 4.69) is 11.1 Å². The van der Waals surface area contributed by atoms with Gasteiger partial charge in [-0.15, -0.1) is 0 Å². The van der Waals surface area contributed by atoms with Crippen LogP contribution in [0.2, 0.25) is 0 Å². The second kappa shape index (κ2) is 5.14. The molecule has 0 radical (unpaired) electrons. The van der Waals surface area contributed by atoms with Crippen molar-refractivity contribution in [3.05, 3.63) is 65.9 Å². The number of hydrogen-bond donors (Lipinski definition) is 1. The lowest BCUT2D eigenvalue weighted by atomic mass is 10.1. The number of nitriles is 1. The van der Waals surface area contributed by atoms with Crippen LogP contribution in [-0.4, -0.2) is 17.9 Å². The molecule has 0 unspecified atom stereocenters. The Morgan fingerprint density at radius 2 is 1.95 bits per heavy atom. The summed E-state index contributed by atoms with van der Waals surface area (Å²) in [6.45, 7) is 0. The molecule has 0 aliphatic rings. The number of fused-ring (bicyclic) bond motifs is 1. The highest BCUT2D eigenvalue weighted by atomic mass is 16.2. The molecule has 0 aliphatic carbocycles. The Morgan fingerprint density at radius 3 is 2.76 bits per heavy atom. The van der Waals surface area contributed by atoms with Gasteiger partial charge in [-0.1, -0.05) is 24.3 Å². The number of carbonyl (C=O) groups is 1. The van der Waals surface area contributed by atoms with Crippen LogP contribution in [0.1, 0.15) is 15.9 Å². The van der Waals surface area contributed by atoms with Gasteiger partial charge in [0.1, 0.15) is 6.07 Å². The molecule has 0 atom stereocenters. The van der Waals surface area contributed by atoms with Crippen LogP contribution in [-0.2, 0) is 0 Å². The van der Waals surface area contributed by atoms with Crippen LogP contribution in [0, 0.1) is 11.3 Å². The van der Waals surface area contributed by atoms with Crippen LogP contribution in [0.3, 0.4) is 0 Å². The summed E-state index contributed by atoms with van der Waals surface area (Å²) >= 11 is 0. The molecule has 3 aromatic rings. The number of benzene rings is 2. The third-order valence-corrected chi connectivity index (χ3v) is 3.51. The fourth-order valence-corrected chi connectivity index (χ4v) is 2.41. The third-order valence-electron chi connectivity index (χ3n) is 3.51. The zero-order chi connectivity index (χ0) is 14.8. The van der Waals surface area contributed by atoms with Crippen LogP contribution >= 0.6 is 0 Å². The second-order valence-corrected chi connectivity index (χ2v) is 4.74. The van der Waals surface area contributed by atoms with E-state index in [0.29, 0.717) is 16.8 Å². The molecule has 2 aromatic carbocycles. The van der Waals surface area contributed by atoms with Gasteiger partial charge in [0, 0.05) is 18.6 Å². The maximum Gasteiger partial charge on any atom is 0.260 e. The molecule has 0 spiro atoms. The van der Waals surface area contributed by atoms with Crippen LogP contribution in [0.25, 0.3) is 10.9 Å². The van der Waals surface area contributed by atoms with E-state index in [-0.39, 0.29) is 5.91 Å². The molecule has 4 heteroatoms. The highest BCUT2D eigenvalue weighted by molar-refractivity contribution is 6.13. The van der Waals surface area contributed by atoms with Crippen molar-refractivity contribution in [2.45, 2.75) is 0 Å². The van der Waals surface area contributed by atoms with E-state index in [0.717, 1.165) is 10.9 Å². The van der Waals surface area contributed by atoms with Crippen LogP contribution in [0.15, 0.2) is 54.7 Å². The molecule has 0 saturated heterocycles. The normalized spacial score (nSPS) is 10.3. The predicted octanol–water partition coefficient (Wildman–Crippen LogP) is 3.32. The van der Waals surface area contributed by atoms with Crippen LogP contribution < -0.4 is 4.90 Å². The number of H-pyrrole nitrogens is 1. The number of rotatable bonds is 2. The Kier molecular flexibility index (Phi) is 3.17. The van der Waals surface area contributed by atoms with E-state index in [1.54, 1.807) is 31.3 Å². The molecule has 4 nitrogen and oxygen atoms in total. The molecule has 1 heterocycles. The van der Waals surface area contributed by atoms with Gasteiger partial charge in [-0.05, 0) is 24.3 Å². The lowest BCUT2D eigenvalue weighted by Crippen LogP contribution is -2.27. The zero-order valence-electron chi connectivity index (χ0n) is 11.5. The van der Waals surface area contributed by atoms with Gasteiger partial charge < -0.3 is 9.88 Å². The maximum absolute atomic E-state index is 12.7. The molecule has 0 bridgehead atoms. The minimum atomic E-state index is -0.147. The van der Waals surface area contributed by atoms with Gasteiger partial charge in [0.25, 0.3) is 5.91 Å². The van der Waals surface area contributed by atoms with E-state index in [4.69, 9.17) is 5.26 Å². The Morgan fingerprint density at radius 1 is 1.14 bits per heavy atom. The molecule has 102 valence electrons. The highest BCUT2D eigenvalue weighted by Crippen LogP contribution is 2.23. The number of carbonyl (C=O) groups excluding carboxylic acids is 1. The number of para-hydroxylation sites is 2. The van der Waals surface area contributed by atoms with E-state index in [1.165, 1.54) is 4.90 Å². The lowest BCUT2D eigenvalue weighted by molar-refractivity contribution is 0.0994. The highest BCUT2D eigenvalue weighted by Gasteiger charge is 2.18. The van der Waals surface area contributed by atoms with Gasteiger partial charge in [0.2, 0.25) is 0 Å². The minimum absolute atomic E-state index is 0.147. The Labute approximate surface area is 122 Å².